The second-order valence-corrected chi connectivity index (χ2v) is 3.57. The van der Waals surface area contributed by atoms with Crippen molar-refractivity contribution in [1.82, 2.24) is 5.48 Å². The van der Waals surface area contributed by atoms with Crippen molar-refractivity contribution in [3.05, 3.63) is 0 Å². The highest BCUT2D eigenvalue weighted by Crippen LogP contribution is 2.29. The molecule has 0 aromatic rings. The molecule has 5 heteroatoms. The number of rotatable bonds is 3. The van der Waals surface area contributed by atoms with E-state index in [0.717, 1.165) is 12.8 Å². The molecule has 1 fully saturated rings. The summed E-state index contributed by atoms with van der Waals surface area (Å²) in [6, 6.07) is 0. The van der Waals surface area contributed by atoms with Crippen molar-refractivity contribution >= 4 is 11.9 Å². The van der Waals surface area contributed by atoms with Gasteiger partial charge in [0.25, 0.3) is 0 Å². The van der Waals surface area contributed by atoms with Crippen LogP contribution in [0.3, 0.4) is 0 Å². The van der Waals surface area contributed by atoms with E-state index in [-0.39, 0.29) is 17.7 Å². The molecule has 0 heterocycles. The zero-order chi connectivity index (χ0) is 10.6. The predicted octanol–water partition coefficient (Wildman–Crippen LogP) is 0.555. The third-order valence-electron chi connectivity index (χ3n) is 2.60. The van der Waals surface area contributed by atoms with Gasteiger partial charge in [0.2, 0.25) is 5.91 Å². The lowest BCUT2D eigenvalue weighted by Gasteiger charge is -2.25. The SMILES string of the molecule is CONC(=O)[C@@H]1CCC[C@H](C(=O)O)C1. The molecule has 5 nitrogen and oxygen atoms in total. The van der Waals surface area contributed by atoms with Crippen molar-refractivity contribution in [2.45, 2.75) is 25.7 Å². The Labute approximate surface area is 82.4 Å². The summed E-state index contributed by atoms with van der Waals surface area (Å²) in [6.07, 6.45) is 2.63. The Balaban J connectivity index is 2.47. The molecule has 2 atom stereocenters. The van der Waals surface area contributed by atoms with E-state index in [1.807, 2.05) is 0 Å². The Hall–Kier alpha value is -1.10. The predicted molar refractivity (Wildman–Crippen MR) is 48.2 cm³/mol. The van der Waals surface area contributed by atoms with Gasteiger partial charge in [-0.05, 0) is 19.3 Å². The van der Waals surface area contributed by atoms with Crippen LogP contribution in [-0.4, -0.2) is 24.1 Å². The van der Waals surface area contributed by atoms with Crippen molar-refractivity contribution < 1.29 is 19.5 Å². The molecule has 0 spiro atoms. The normalized spacial score (nSPS) is 26.9. The highest BCUT2D eigenvalue weighted by Gasteiger charge is 2.30. The lowest BCUT2D eigenvalue weighted by Crippen LogP contribution is -2.34. The number of hydrogen-bond acceptors (Lipinski definition) is 3. The third kappa shape index (κ3) is 2.70. The van der Waals surface area contributed by atoms with Gasteiger partial charge in [-0.2, -0.15) is 0 Å². The number of carboxylic acid groups (broad SMARTS) is 1. The van der Waals surface area contributed by atoms with Crippen molar-refractivity contribution in [1.29, 1.82) is 0 Å². The Morgan fingerprint density at radius 2 is 2.00 bits per heavy atom. The van der Waals surface area contributed by atoms with Crippen LogP contribution in [0.2, 0.25) is 0 Å². The molecule has 0 aromatic carbocycles. The minimum absolute atomic E-state index is 0.210. The molecule has 2 N–H and O–H groups in total. The number of aliphatic carboxylic acids is 1. The van der Waals surface area contributed by atoms with Gasteiger partial charge in [-0.15, -0.1) is 0 Å². The smallest absolute Gasteiger partial charge is 0.306 e. The average Bonchev–Trinajstić information content (AvgIpc) is 2.18. The van der Waals surface area contributed by atoms with Crippen LogP contribution < -0.4 is 5.48 Å². The third-order valence-corrected chi connectivity index (χ3v) is 2.60. The molecule has 0 aliphatic heterocycles. The standard InChI is InChI=1S/C9H15NO4/c1-14-10-8(11)6-3-2-4-7(5-6)9(12)13/h6-7H,2-5H2,1H3,(H,10,11)(H,12,13)/t6-,7+/m1/s1. The number of carbonyl (C=O) groups excluding carboxylic acids is 1. The fourth-order valence-corrected chi connectivity index (χ4v) is 1.84. The van der Waals surface area contributed by atoms with Crippen LogP contribution in [0, 0.1) is 11.8 Å². The monoisotopic (exact) mass is 201 g/mol. The molecule has 0 unspecified atom stereocenters. The first-order valence-corrected chi connectivity index (χ1v) is 4.70. The van der Waals surface area contributed by atoms with Gasteiger partial charge < -0.3 is 5.11 Å². The number of carboxylic acids is 1. The summed E-state index contributed by atoms with van der Waals surface area (Å²) >= 11 is 0. The summed E-state index contributed by atoms with van der Waals surface area (Å²) in [5.41, 5.74) is 2.24. The molecule has 0 aromatic heterocycles. The number of amides is 1. The number of hydroxylamine groups is 1. The Morgan fingerprint density at radius 1 is 1.36 bits per heavy atom. The van der Waals surface area contributed by atoms with Gasteiger partial charge in [0.05, 0.1) is 13.0 Å². The van der Waals surface area contributed by atoms with Gasteiger partial charge in [-0.3, -0.25) is 14.4 Å². The van der Waals surface area contributed by atoms with Crippen LogP contribution in [0.5, 0.6) is 0 Å². The lowest BCUT2D eigenvalue weighted by molar-refractivity contribution is -0.145. The van der Waals surface area contributed by atoms with Crippen LogP contribution in [0.15, 0.2) is 0 Å². The van der Waals surface area contributed by atoms with Crippen LogP contribution in [-0.2, 0) is 14.4 Å². The van der Waals surface area contributed by atoms with Gasteiger partial charge in [-0.1, -0.05) is 6.42 Å². The van der Waals surface area contributed by atoms with E-state index in [4.69, 9.17) is 5.11 Å². The number of carbonyl (C=O) groups is 2. The molecule has 1 saturated carbocycles. The number of nitrogens with one attached hydrogen (secondary N) is 1. The van der Waals surface area contributed by atoms with Gasteiger partial charge in [0, 0.05) is 5.92 Å². The minimum Gasteiger partial charge on any atom is -0.481 e. The minimum atomic E-state index is -0.806. The molecule has 1 aliphatic rings. The Kier molecular flexibility index (Phi) is 3.88. The van der Waals surface area contributed by atoms with E-state index in [9.17, 15) is 9.59 Å². The van der Waals surface area contributed by atoms with E-state index >= 15 is 0 Å². The fourth-order valence-electron chi connectivity index (χ4n) is 1.84. The van der Waals surface area contributed by atoms with E-state index in [1.165, 1.54) is 7.11 Å². The fraction of sp³-hybridized carbons (Fsp3) is 0.778. The molecule has 1 aliphatic carbocycles. The second kappa shape index (κ2) is 4.95. The van der Waals surface area contributed by atoms with Gasteiger partial charge in [-0.25, -0.2) is 5.48 Å². The summed E-state index contributed by atoms with van der Waals surface area (Å²) in [6.45, 7) is 0. The zero-order valence-corrected chi connectivity index (χ0v) is 8.16. The van der Waals surface area contributed by atoms with Gasteiger partial charge >= 0.3 is 5.97 Å². The summed E-state index contributed by atoms with van der Waals surface area (Å²) < 4.78 is 0. The molecule has 1 rings (SSSR count). The maximum atomic E-state index is 11.3. The Morgan fingerprint density at radius 3 is 2.57 bits per heavy atom. The summed E-state index contributed by atoms with van der Waals surface area (Å²) in [4.78, 5) is 26.6. The van der Waals surface area contributed by atoms with E-state index in [1.54, 1.807) is 0 Å². The van der Waals surface area contributed by atoms with Crippen LogP contribution in [0.25, 0.3) is 0 Å². The van der Waals surface area contributed by atoms with E-state index < -0.39 is 5.97 Å². The van der Waals surface area contributed by atoms with Crippen LogP contribution in [0.1, 0.15) is 25.7 Å². The topological polar surface area (TPSA) is 75.6 Å². The second-order valence-electron chi connectivity index (χ2n) is 3.57. The first-order chi connectivity index (χ1) is 6.65. The van der Waals surface area contributed by atoms with Crippen molar-refractivity contribution in [2.75, 3.05) is 7.11 Å². The molecular weight excluding hydrogens is 186 g/mol. The molecule has 1 amide bonds. The maximum absolute atomic E-state index is 11.3. The summed E-state index contributed by atoms with van der Waals surface area (Å²) in [5, 5.41) is 8.80. The molecule has 14 heavy (non-hydrogen) atoms. The highest BCUT2D eigenvalue weighted by atomic mass is 16.6. The van der Waals surface area contributed by atoms with Crippen LogP contribution >= 0.6 is 0 Å². The Bertz CT molecular complexity index is 229. The molecule has 0 radical (unpaired) electrons. The molecule has 80 valence electrons. The van der Waals surface area contributed by atoms with Crippen molar-refractivity contribution in [3.63, 3.8) is 0 Å². The van der Waals surface area contributed by atoms with Gasteiger partial charge in [0.15, 0.2) is 0 Å². The first kappa shape index (κ1) is 11.0. The zero-order valence-electron chi connectivity index (χ0n) is 8.16. The quantitative estimate of drug-likeness (QED) is 0.654. The van der Waals surface area contributed by atoms with E-state index in [2.05, 4.69) is 10.3 Å². The van der Waals surface area contributed by atoms with E-state index in [0.29, 0.717) is 12.8 Å². The molecule has 0 saturated heterocycles. The summed E-state index contributed by atoms with van der Waals surface area (Å²) in [5.74, 6) is -1.61. The summed E-state index contributed by atoms with van der Waals surface area (Å²) in [7, 11) is 1.37. The van der Waals surface area contributed by atoms with Gasteiger partial charge in [0.1, 0.15) is 0 Å². The lowest BCUT2D eigenvalue weighted by atomic mass is 9.81. The van der Waals surface area contributed by atoms with Crippen molar-refractivity contribution in [3.8, 4) is 0 Å². The number of hydrogen-bond donors (Lipinski definition) is 2. The molecule has 0 bridgehead atoms. The van der Waals surface area contributed by atoms with Crippen LogP contribution in [0.4, 0.5) is 0 Å². The molecular formula is C9H15NO4. The average molecular weight is 201 g/mol. The largest absolute Gasteiger partial charge is 0.481 e. The van der Waals surface area contributed by atoms with Crippen molar-refractivity contribution in [2.24, 2.45) is 11.8 Å². The first-order valence-electron chi connectivity index (χ1n) is 4.70. The maximum Gasteiger partial charge on any atom is 0.306 e. The highest BCUT2D eigenvalue weighted by molar-refractivity contribution is 5.79.